The largest absolute Gasteiger partial charge is 0.351 e. The highest BCUT2D eigenvalue weighted by molar-refractivity contribution is 7.92. The van der Waals surface area contributed by atoms with Crippen LogP contribution in [0.25, 0.3) is 0 Å². The minimum absolute atomic E-state index is 0.0562. The lowest BCUT2D eigenvalue weighted by molar-refractivity contribution is -0.123. The third-order valence-electron chi connectivity index (χ3n) is 3.94. The van der Waals surface area contributed by atoms with Gasteiger partial charge in [0.15, 0.2) is 0 Å². The molecule has 0 spiro atoms. The monoisotopic (exact) mass is 408 g/mol. The van der Waals surface area contributed by atoms with Crippen molar-refractivity contribution in [3.8, 4) is 0 Å². The number of halogens is 2. The Morgan fingerprint density at radius 3 is 1.80 bits per heavy atom. The van der Waals surface area contributed by atoms with Crippen LogP contribution < -0.4 is 9.62 Å². The van der Waals surface area contributed by atoms with Crippen LogP contribution in [-0.2, 0) is 14.8 Å². The molecule has 0 unspecified atom stereocenters. The summed E-state index contributed by atoms with van der Waals surface area (Å²) in [5, 5.41) is 3.55. The van der Waals surface area contributed by atoms with Crippen molar-refractivity contribution in [1.82, 2.24) is 5.32 Å². The van der Waals surface area contributed by atoms with E-state index >= 15 is 0 Å². The highest BCUT2D eigenvalue weighted by Gasteiger charge is 2.31. The molecule has 0 fully saturated rings. The molecule has 1 aromatic rings. The fourth-order valence-electron chi connectivity index (χ4n) is 2.86. The first-order chi connectivity index (χ1) is 11.3. The molecule has 1 N–H and O–H groups in total. The lowest BCUT2D eigenvalue weighted by atomic mass is 9.93. The molecular formula is C17H26Cl2N2O3S. The van der Waals surface area contributed by atoms with Crippen molar-refractivity contribution in [2.45, 2.75) is 46.7 Å². The summed E-state index contributed by atoms with van der Waals surface area (Å²) >= 11 is 12.0. The Bertz CT molecular complexity index is 692. The fourth-order valence-corrected chi connectivity index (χ4v) is 4.54. The molecule has 8 heteroatoms. The number of anilines is 1. The van der Waals surface area contributed by atoms with Gasteiger partial charge < -0.3 is 5.32 Å². The highest BCUT2D eigenvalue weighted by Crippen LogP contribution is 2.28. The van der Waals surface area contributed by atoms with Gasteiger partial charge in [0.2, 0.25) is 15.9 Å². The number of amides is 1. The van der Waals surface area contributed by atoms with E-state index in [1.54, 1.807) is 6.92 Å². The molecule has 0 heterocycles. The summed E-state index contributed by atoms with van der Waals surface area (Å²) in [4.78, 5) is 12.7. The van der Waals surface area contributed by atoms with Gasteiger partial charge in [-0.15, -0.1) is 0 Å². The molecule has 1 amide bonds. The molecule has 142 valence electrons. The first-order valence-corrected chi connectivity index (χ1v) is 10.7. The SMILES string of the molecule is CC(C)C(NC(=O)[C@@H](C)N(c1cc(Cl)cc(Cl)c1)S(C)(=O)=O)C(C)C. The smallest absolute Gasteiger partial charge is 0.243 e. The number of nitrogens with one attached hydrogen (secondary N) is 1. The molecule has 0 bridgehead atoms. The first-order valence-electron chi connectivity index (χ1n) is 8.10. The number of carbonyl (C=O) groups is 1. The van der Waals surface area contributed by atoms with Gasteiger partial charge in [-0.25, -0.2) is 8.42 Å². The van der Waals surface area contributed by atoms with E-state index < -0.39 is 16.1 Å². The zero-order chi connectivity index (χ0) is 19.5. The summed E-state index contributed by atoms with van der Waals surface area (Å²) in [5.41, 5.74) is 0.258. The summed E-state index contributed by atoms with van der Waals surface area (Å²) in [5.74, 6) is 0.0841. The van der Waals surface area contributed by atoms with E-state index in [1.165, 1.54) is 18.2 Å². The van der Waals surface area contributed by atoms with Crippen LogP contribution in [0, 0.1) is 11.8 Å². The van der Waals surface area contributed by atoms with E-state index in [2.05, 4.69) is 5.32 Å². The molecule has 1 atom stereocenters. The predicted octanol–water partition coefficient (Wildman–Crippen LogP) is 3.94. The Morgan fingerprint density at radius 1 is 1.00 bits per heavy atom. The van der Waals surface area contributed by atoms with E-state index in [4.69, 9.17) is 23.2 Å². The van der Waals surface area contributed by atoms with Gasteiger partial charge in [-0.05, 0) is 37.0 Å². The van der Waals surface area contributed by atoms with E-state index in [-0.39, 0.29) is 29.5 Å². The number of hydrogen-bond acceptors (Lipinski definition) is 3. The Kier molecular flexibility index (Phi) is 7.59. The second kappa shape index (κ2) is 8.60. The Hall–Kier alpha value is -0.980. The van der Waals surface area contributed by atoms with Gasteiger partial charge in [-0.2, -0.15) is 0 Å². The van der Waals surface area contributed by atoms with Crippen LogP contribution in [0.15, 0.2) is 18.2 Å². The molecule has 0 aromatic heterocycles. The van der Waals surface area contributed by atoms with Crippen molar-refractivity contribution < 1.29 is 13.2 Å². The first kappa shape index (κ1) is 22.1. The molecular weight excluding hydrogens is 383 g/mol. The van der Waals surface area contributed by atoms with Crippen molar-refractivity contribution in [2.24, 2.45) is 11.8 Å². The quantitative estimate of drug-likeness (QED) is 0.742. The van der Waals surface area contributed by atoms with E-state index in [9.17, 15) is 13.2 Å². The number of nitrogens with zero attached hydrogens (tertiary/aromatic N) is 1. The van der Waals surface area contributed by atoms with Gasteiger partial charge in [0.05, 0.1) is 11.9 Å². The molecule has 5 nitrogen and oxygen atoms in total. The number of rotatable bonds is 7. The van der Waals surface area contributed by atoms with Gasteiger partial charge in [0, 0.05) is 16.1 Å². The number of hydrogen-bond donors (Lipinski definition) is 1. The van der Waals surface area contributed by atoms with Gasteiger partial charge in [0.25, 0.3) is 0 Å². The number of sulfonamides is 1. The average molecular weight is 409 g/mol. The fraction of sp³-hybridized carbons (Fsp3) is 0.588. The Balaban J connectivity index is 3.22. The van der Waals surface area contributed by atoms with Crippen molar-refractivity contribution in [3.63, 3.8) is 0 Å². The van der Waals surface area contributed by atoms with Crippen molar-refractivity contribution in [3.05, 3.63) is 28.2 Å². The zero-order valence-electron chi connectivity index (χ0n) is 15.4. The van der Waals surface area contributed by atoms with Crippen LogP contribution >= 0.6 is 23.2 Å². The Labute approximate surface area is 160 Å². The third-order valence-corrected chi connectivity index (χ3v) is 5.61. The normalized spacial score (nSPS) is 13.4. The van der Waals surface area contributed by atoms with Crippen LogP contribution in [0.1, 0.15) is 34.6 Å². The minimum Gasteiger partial charge on any atom is -0.351 e. The van der Waals surface area contributed by atoms with Crippen LogP contribution in [0.4, 0.5) is 5.69 Å². The zero-order valence-corrected chi connectivity index (χ0v) is 17.7. The van der Waals surface area contributed by atoms with Crippen molar-refractivity contribution >= 4 is 44.8 Å². The topological polar surface area (TPSA) is 66.5 Å². The molecule has 0 saturated carbocycles. The third kappa shape index (κ3) is 6.04. The summed E-state index contributed by atoms with van der Waals surface area (Å²) in [6, 6.07) is 3.45. The molecule has 0 saturated heterocycles. The molecule has 0 aliphatic rings. The van der Waals surface area contributed by atoms with Crippen molar-refractivity contribution in [1.29, 1.82) is 0 Å². The standard InChI is InChI=1S/C17H26Cl2N2O3S/c1-10(2)16(11(3)4)20-17(22)12(5)21(25(6,23)24)15-8-13(18)7-14(19)9-15/h7-12,16H,1-6H3,(H,20,22)/t12-/m1/s1. The number of carbonyl (C=O) groups excluding carboxylic acids is 1. The Morgan fingerprint density at radius 2 is 1.44 bits per heavy atom. The summed E-state index contributed by atoms with van der Waals surface area (Å²) in [6.45, 7) is 9.60. The van der Waals surface area contributed by atoms with Crippen LogP contribution in [0.5, 0.6) is 0 Å². The lowest BCUT2D eigenvalue weighted by Gasteiger charge is -2.32. The van der Waals surface area contributed by atoms with Crippen LogP contribution in [0.2, 0.25) is 10.0 Å². The van der Waals surface area contributed by atoms with E-state index in [0.29, 0.717) is 10.0 Å². The predicted molar refractivity (Wildman–Crippen MR) is 105 cm³/mol. The maximum atomic E-state index is 12.7. The molecule has 0 aliphatic heterocycles. The second-order valence-corrected chi connectivity index (χ2v) is 9.62. The van der Waals surface area contributed by atoms with Crippen molar-refractivity contribution in [2.75, 3.05) is 10.6 Å². The van der Waals surface area contributed by atoms with Gasteiger partial charge in [0.1, 0.15) is 6.04 Å². The summed E-state index contributed by atoms with van der Waals surface area (Å²) in [6.07, 6.45) is 1.05. The molecule has 0 aliphatic carbocycles. The maximum absolute atomic E-state index is 12.7. The lowest BCUT2D eigenvalue weighted by Crippen LogP contribution is -2.52. The summed E-state index contributed by atoms with van der Waals surface area (Å²) < 4.78 is 25.7. The number of benzene rings is 1. The average Bonchev–Trinajstić information content (AvgIpc) is 2.40. The van der Waals surface area contributed by atoms with Gasteiger partial charge in [-0.1, -0.05) is 50.9 Å². The van der Waals surface area contributed by atoms with Crippen LogP contribution in [0.3, 0.4) is 0 Å². The molecule has 25 heavy (non-hydrogen) atoms. The summed E-state index contributed by atoms with van der Waals surface area (Å²) in [7, 11) is -3.72. The van der Waals surface area contributed by atoms with Crippen LogP contribution in [-0.4, -0.2) is 32.7 Å². The minimum atomic E-state index is -3.72. The van der Waals surface area contributed by atoms with Gasteiger partial charge >= 0.3 is 0 Å². The van der Waals surface area contributed by atoms with E-state index in [1.807, 2.05) is 27.7 Å². The second-order valence-electron chi connectivity index (χ2n) is 6.88. The molecule has 0 radical (unpaired) electrons. The maximum Gasteiger partial charge on any atom is 0.243 e. The highest BCUT2D eigenvalue weighted by atomic mass is 35.5. The molecule has 1 rings (SSSR count). The van der Waals surface area contributed by atoms with Gasteiger partial charge in [-0.3, -0.25) is 9.10 Å². The van der Waals surface area contributed by atoms with E-state index in [0.717, 1.165) is 10.6 Å². The molecule has 1 aromatic carbocycles.